The molecule has 0 amide bonds. The van der Waals surface area contributed by atoms with Gasteiger partial charge in [-0.15, -0.1) is 5.10 Å². The Bertz CT molecular complexity index is 1970. The van der Waals surface area contributed by atoms with Gasteiger partial charge in [-0.3, -0.25) is 5.10 Å². The van der Waals surface area contributed by atoms with Crippen LogP contribution in [0.15, 0.2) is 97.2 Å². The van der Waals surface area contributed by atoms with Crippen LogP contribution in [0.1, 0.15) is 67.0 Å². The van der Waals surface area contributed by atoms with Gasteiger partial charge in [-0.1, -0.05) is 117 Å². The monoisotopic (exact) mass is 672 g/mol. The highest BCUT2D eigenvalue weighted by Gasteiger charge is 2.51. The summed E-state index contributed by atoms with van der Waals surface area (Å²) in [6, 6.07) is 26.4. The van der Waals surface area contributed by atoms with Crippen molar-refractivity contribution in [2.75, 3.05) is 18.0 Å². The molecule has 1 N–H and O–H groups in total. The highest BCUT2D eigenvalue weighted by atomic mass is 19.4. The van der Waals surface area contributed by atoms with Gasteiger partial charge in [0, 0.05) is 30.1 Å². The number of aromatic nitrogens is 7. The van der Waals surface area contributed by atoms with Crippen molar-refractivity contribution in [3.05, 3.63) is 131 Å². The number of nitrogens with one attached hydrogen (secondary N) is 1. The number of fused-ring (bicyclic) bond motifs is 1. The van der Waals surface area contributed by atoms with E-state index in [4.69, 9.17) is 9.97 Å². The van der Waals surface area contributed by atoms with E-state index in [2.05, 4.69) is 20.5 Å². The number of nitrogens with zero attached hydrogens (tertiary/aromatic N) is 7. The summed E-state index contributed by atoms with van der Waals surface area (Å²) in [5.74, 6) is -2.48. The number of rotatable bonds is 7. The summed E-state index contributed by atoms with van der Waals surface area (Å²) in [5, 5.41) is 15.2. The molecule has 3 aromatic heterocycles. The van der Waals surface area contributed by atoms with Crippen LogP contribution in [0.5, 0.6) is 0 Å². The minimum atomic E-state index is -4.85. The van der Waals surface area contributed by atoms with Crippen molar-refractivity contribution in [2.24, 2.45) is 0 Å². The number of alkyl halides is 5. The van der Waals surface area contributed by atoms with Gasteiger partial charge in [-0.2, -0.15) is 18.3 Å². The third-order valence-corrected chi connectivity index (χ3v) is 9.02. The summed E-state index contributed by atoms with van der Waals surface area (Å²) in [7, 11) is 0. The third-order valence-electron chi connectivity index (χ3n) is 9.02. The van der Waals surface area contributed by atoms with E-state index >= 15 is 0 Å². The maximum absolute atomic E-state index is 14.9. The first-order valence-electron chi connectivity index (χ1n) is 15.8. The lowest BCUT2D eigenvalue weighted by Crippen LogP contribution is -2.41. The van der Waals surface area contributed by atoms with Crippen LogP contribution in [-0.4, -0.2) is 54.2 Å². The summed E-state index contributed by atoms with van der Waals surface area (Å²) < 4.78 is 75.3. The number of anilines is 1. The Labute approximate surface area is 279 Å². The Hall–Kier alpha value is -5.20. The largest absolute Gasteiger partial charge is 0.435 e. The summed E-state index contributed by atoms with van der Waals surface area (Å²) >= 11 is 0. The average Bonchev–Trinajstić information content (AvgIpc) is 3.82. The number of H-pyrrole nitrogens is 1. The molecule has 13 heteroatoms. The van der Waals surface area contributed by atoms with Crippen LogP contribution in [0.25, 0.3) is 11.2 Å². The molecule has 1 aliphatic heterocycles. The molecule has 7 rings (SSSR count). The molecule has 0 aliphatic carbocycles. The van der Waals surface area contributed by atoms with Crippen molar-refractivity contribution in [1.82, 2.24) is 35.2 Å². The van der Waals surface area contributed by atoms with E-state index in [1.807, 2.05) is 112 Å². The first-order chi connectivity index (χ1) is 23.3. The number of benzene rings is 3. The van der Waals surface area contributed by atoms with Crippen LogP contribution in [0.3, 0.4) is 0 Å². The fourth-order valence-corrected chi connectivity index (χ4v) is 6.82. The van der Waals surface area contributed by atoms with Crippen LogP contribution in [0.4, 0.5) is 27.8 Å². The van der Waals surface area contributed by atoms with Gasteiger partial charge in [0.25, 0.3) is 5.92 Å². The smallest absolute Gasteiger partial charge is 0.348 e. The Balaban J connectivity index is 1.65. The molecule has 0 radical (unpaired) electrons. The Morgan fingerprint density at radius 1 is 0.796 bits per heavy atom. The maximum Gasteiger partial charge on any atom is 0.435 e. The number of halogens is 5. The van der Waals surface area contributed by atoms with Gasteiger partial charge in [-0.05, 0) is 16.7 Å². The number of hydrogen-bond donors (Lipinski definition) is 1. The molecule has 252 valence electrons. The SMILES string of the molecule is CC(C)(C)c1nc(N2CCC(F)(F)C2)c2nnn(C(c3c[nH]nc3C(F)(F)F)C(c3ccccc3)(c3ccccc3)c3ccccc3)c2n1. The predicted octanol–water partition coefficient (Wildman–Crippen LogP) is 7.73. The molecule has 0 saturated carbocycles. The lowest BCUT2D eigenvalue weighted by Gasteiger charge is -2.42. The highest BCUT2D eigenvalue weighted by Crippen LogP contribution is 2.52. The molecule has 3 aromatic carbocycles. The van der Waals surface area contributed by atoms with Crippen molar-refractivity contribution < 1.29 is 22.0 Å². The van der Waals surface area contributed by atoms with Crippen molar-refractivity contribution >= 4 is 17.0 Å². The lowest BCUT2D eigenvalue weighted by molar-refractivity contribution is -0.142. The molecule has 1 atom stereocenters. The zero-order valence-electron chi connectivity index (χ0n) is 27.0. The number of hydrogen-bond acceptors (Lipinski definition) is 6. The van der Waals surface area contributed by atoms with Gasteiger partial charge in [0.1, 0.15) is 11.9 Å². The summed E-state index contributed by atoms with van der Waals surface area (Å²) in [4.78, 5) is 11.1. The van der Waals surface area contributed by atoms with Gasteiger partial charge >= 0.3 is 6.18 Å². The topological polar surface area (TPSA) is 88.4 Å². The van der Waals surface area contributed by atoms with E-state index in [-0.39, 0.29) is 35.5 Å². The first kappa shape index (κ1) is 32.4. The lowest BCUT2D eigenvalue weighted by atomic mass is 9.63. The van der Waals surface area contributed by atoms with E-state index in [9.17, 15) is 22.0 Å². The van der Waals surface area contributed by atoms with E-state index < -0.39 is 41.2 Å². The minimum Gasteiger partial charge on any atom is -0.348 e. The number of aromatic amines is 1. The Morgan fingerprint density at radius 3 is 1.82 bits per heavy atom. The van der Waals surface area contributed by atoms with Gasteiger partial charge < -0.3 is 4.90 Å². The fraction of sp³-hybridized carbons (Fsp3) is 0.306. The van der Waals surface area contributed by atoms with Crippen molar-refractivity contribution in [3.8, 4) is 0 Å². The van der Waals surface area contributed by atoms with Crippen molar-refractivity contribution in [3.63, 3.8) is 0 Å². The van der Waals surface area contributed by atoms with Crippen LogP contribution in [0, 0.1) is 0 Å². The fourth-order valence-electron chi connectivity index (χ4n) is 6.82. The summed E-state index contributed by atoms with van der Waals surface area (Å²) in [5.41, 5.74) is -1.18. The second kappa shape index (κ2) is 11.7. The molecule has 0 bridgehead atoms. The van der Waals surface area contributed by atoms with Crippen LogP contribution >= 0.6 is 0 Å². The van der Waals surface area contributed by atoms with E-state index in [1.165, 1.54) is 15.8 Å². The molecule has 1 unspecified atom stereocenters. The second-order valence-electron chi connectivity index (χ2n) is 13.4. The van der Waals surface area contributed by atoms with Crippen LogP contribution in [-0.2, 0) is 17.0 Å². The molecular formula is C36H33F5N8. The second-order valence-corrected chi connectivity index (χ2v) is 13.4. The predicted molar refractivity (Wildman–Crippen MR) is 175 cm³/mol. The van der Waals surface area contributed by atoms with Gasteiger partial charge in [0.15, 0.2) is 22.7 Å². The van der Waals surface area contributed by atoms with E-state index in [0.717, 1.165) is 0 Å². The Morgan fingerprint density at radius 2 is 1.35 bits per heavy atom. The zero-order chi connectivity index (χ0) is 34.6. The van der Waals surface area contributed by atoms with Crippen molar-refractivity contribution in [1.29, 1.82) is 0 Å². The molecule has 8 nitrogen and oxygen atoms in total. The average molecular weight is 673 g/mol. The summed E-state index contributed by atoms with van der Waals surface area (Å²) in [6.45, 7) is 5.06. The van der Waals surface area contributed by atoms with E-state index in [1.54, 1.807) is 0 Å². The van der Waals surface area contributed by atoms with Crippen LogP contribution in [0.2, 0.25) is 0 Å². The standard InChI is InChI=1S/C36H33F5N8/c1-33(2,3)32-43-30(48-20-19-34(37,38)22-48)27-31(44-32)49(47-45-27)29(26-21-42-46-28(26)36(39,40)41)35(23-13-7-4-8-14-23,24-15-9-5-10-16-24)25-17-11-6-12-18-25/h4-18,21,29H,19-20,22H2,1-3H3,(H,42,46). The molecule has 6 aromatic rings. The van der Waals surface area contributed by atoms with Gasteiger partial charge in [-0.25, -0.2) is 23.4 Å². The van der Waals surface area contributed by atoms with Crippen molar-refractivity contribution in [2.45, 2.75) is 56.2 Å². The van der Waals surface area contributed by atoms with Gasteiger partial charge in [0.2, 0.25) is 0 Å². The maximum atomic E-state index is 14.9. The highest BCUT2D eigenvalue weighted by molar-refractivity contribution is 5.84. The quantitative estimate of drug-likeness (QED) is 0.138. The van der Waals surface area contributed by atoms with Crippen LogP contribution < -0.4 is 4.90 Å². The molecule has 1 aliphatic rings. The third kappa shape index (κ3) is 5.60. The molecule has 4 heterocycles. The summed E-state index contributed by atoms with van der Waals surface area (Å²) in [6.07, 6.45) is -3.99. The van der Waals surface area contributed by atoms with Gasteiger partial charge in [0.05, 0.1) is 12.0 Å². The zero-order valence-corrected chi connectivity index (χ0v) is 27.0. The first-order valence-corrected chi connectivity index (χ1v) is 15.8. The molecule has 1 saturated heterocycles. The Kier molecular flexibility index (Phi) is 7.75. The molecule has 0 spiro atoms. The molecule has 49 heavy (non-hydrogen) atoms. The van der Waals surface area contributed by atoms with E-state index in [0.29, 0.717) is 22.5 Å². The normalized spacial score (nSPS) is 16.0. The minimum absolute atomic E-state index is 0.0148. The molecular weight excluding hydrogens is 639 g/mol. The molecule has 1 fully saturated rings.